The van der Waals surface area contributed by atoms with Gasteiger partial charge in [0.2, 0.25) is 0 Å². The molecule has 0 aliphatic rings. The first-order chi connectivity index (χ1) is 11.2. The normalized spacial score (nSPS) is 10.8. The van der Waals surface area contributed by atoms with Crippen LogP contribution in [0.5, 0.6) is 11.5 Å². The van der Waals surface area contributed by atoms with Crippen molar-refractivity contribution in [2.45, 2.75) is 20.5 Å². The number of benzene rings is 2. The van der Waals surface area contributed by atoms with Gasteiger partial charge in [0.05, 0.1) is 0 Å². The fraction of sp³-hybridized carbons (Fsp3) is 0.368. The van der Waals surface area contributed by atoms with Crippen molar-refractivity contribution in [3.05, 3.63) is 59.1 Å². The van der Waals surface area contributed by atoms with E-state index in [9.17, 15) is 0 Å². The van der Waals surface area contributed by atoms with Crippen LogP contribution in [-0.2, 0) is 6.61 Å². The number of ether oxygens (including phenoxy) is 2. The molecule has 0 aliphatic heterocycles. The van der Waals surface area contributed by atoms with E-state index in [1.165, 1.54) is 0 Å². The lowest BCUT2D eigenvalue weighted by Crippen LogP contribution is -2.27. The molecule has 0 heterocycles. The minimum Gasteiger partial charge on any atom is -0.492 e. The van der Waals surface area contributed by atoms with Gasteiger partial charge >= 0.3 is 0 Å². The Bertz CT molecular complexity index is 565. The van der Waals surface area contributed by atoms with Crippen LogP contribution in [-0.4, -0.2) is 31.1 Å². The van der Waals surface area contributed by atoms with Gasteiger partial charge in [-0.15, -0.1) is 0 Å². The van der Waals surface area contributed by atoms with Crippen LogP contribution in [0.4, 0.5) is 0 Å². The van der Waals surface area contributed by atoms with Gasteiger partial charge in [-0.3, -0.25) is 0 Å². The van der Waals surface area contributed by atoms with Crippen molar-refractivity contribution >= 4 is 11.6 Å². The van der Waals surface area contributed by atoms with Gasteiger partial charge in [0.25, 0.3) is 0 Å². The lowest BCUT2D eigenvalue weighted by Gasteiger charge is -2.18. The zero-order valence-corrected chi connectivity index (χ0v) is 14.6. The summed E-state index contributed by atoms with van der Waals surface area (Å²) in [5, 5.41) is 0.712. The minimum absolute atomic E-state index is 0.529. The van der Waals surface area contributed by atoms with E-state index >= 15 is 0 Å². The molecule has 23 heavy (non-hydrogen) atoms. The SMILES string of the molecule is CCN(CC)CCOc1ccc(COc2ccc(Cl)cc2)cc1. The second-order valence-electron chi connectivity index (χ2n) is 5.26. The van der Waals surface area contributed by atoms with Gasteiger partial charge in [-0.25, -0.2) is 0 Å². The number of hydrogen-bond donors (Lipinski definition) is 0. The molecule has 0 fully saturated rings. The largest absolute Gasteiger partial charge is 0.492 e. The standard InChI is InChI=1S/C19H24ClNO2/c1-3-21(4-2)13-14-22-18-9-5-16(6-10-18)15-23-19-11-7-17(20)8-12-19/h5-12H,3-4,13-15H2,1-2H3. The van der Waals surface area contributed by atoms with E-state index in [2.05, 4.69) is 18.7 Å². The van der Waals surface area contributed by atoms with Gasteiger partial charge in [-0.05, 0) is 55.1 Å². The summed E-state index contributed by atoms with van der Waals surface area (Å²) in [6, 6.07) is 15.4. The lowest BCUT2D eigenvalue weighted by molar-refractivity contribution is 0.222. The number of halogens is 1. The molecule has 0 spiro atoms. The van der Waals surface area contributed by atoms with E-state index in [0.717, 1.165) is 36.7 Å². The molecule has 0 aromatic heterocycles. The second kappa shape index (κ2) is 9.43. The zero-order chi connectivity index (χ0) is 16.5. The molecule has 0 atom stereocenters. The first-order valence-electron chi connectivity index (χ1n) is 8.03. The topological polar surface area (TPSA) is 21.7 Å². The Kier molecular flexibility index (Phi) is 7.24. The third-order valence-corrected chi connectivity index (χ3v) is 3.97. The number of likely N-dealkylation sites (N-methyl/N-ethyl adjacent to an activating group) is 1. The summed E-state index contributed by atoms with van der Waals surface area (Å²) < 4.78 is 11.5. The van der Waals surface area contributed by atoms with Gasteiger partial charge < -0.3 is 14.4 Å². The molecule has 0 unspecified atom stereocenters. The molecule has 0 saturated heterocycles. The minimum atomic E-state index is 0.529. The second-order valence-corrected chi connectivity index (χ2v) is 5.70. The van der Waals surface area contributed by atoms with E-state index in [0.29, 0.717) is 18.2 Å². The van der Waals surface area contributed by atoms with Crippen LogP contribution in [0.3, 0.4) is 0 Å². The van der Waals surface area contributed by atoms with Gasteiger partial charge in [-0.1, -0.05) is 37.6 Å². The fourth-order valence-corrected chi connectivity index (χ4v) is 2.34. The van der Waals surface area contributed by atoms with Crippen molar-refractivity contribution in [1.82, 2.24) is 4.90 Å². The van der Waals surface area contributed by atoms with Gasteiger partial charge in [0.15, 0.2) is 0 Å². The van der Waals surface area contributed by atoms with Crippen LogP contribution >= 0.6 is 11.6 Å². The van der Waals surface area contributed by atoms with Gasteiger partial charge in [-0.2, -0.15) is 0 Å². The molecular weight excluding hydrogens is 310 g/mol. The van der Waals surface area contributed by atoms with E-state index in [1.807, 2.05) is 48.5 Å². The number of nitrogens with zero attached hydrogens (tertiary/aromatic N) is 1. The molecule has 0 aliphatic carbocycles. The highest BCUT2D eigenvalue weighted by atomic mass is 35.5. The van der Waals surface area contributed by atoms with Crippen LogP contribution in [0.2, 0.25) is 5.02 Å². The van der Waals surface area contributed by atoms with E-state index in [-0.39, 0.29) is 0 Å². The molecule has 4 heteroatoms. The summed E-state index contributed by atoms with van der Waals surface area (Å²) in [6.45, 7) is 8.64. The Hall–Kier alpha value is -1.71. The summed E-state index contributed by atoms with van der Waals surface area (Å²) in [5.74, 6) is 1.71. The molecule has 2 rings (SSSR count). The smallest absolute Gasteiger partial charge is 0.119 e. The highest BCUT2D eigenvalue weighted by molar-refractivity contribution is 6.30. The summed E-state index contributed by atoms with van der Waals surface area (Å²) in [5.41, 5.74) is 1.11. The van der Waals surface area contributed by atoms with E-state index in [1.54, 1.807) is 0 Å². The van der Waals surface area contributed by atoms with Crippen molar-refractivity contribution in [2.75, 3.05) is 26.2 Å². The van der Waals surface area contributed by atoms with Crippen molar-refractivity contribution < 1.29 is 9.47 Å². The van der Waals surface area contributed by atoms with Crippen molar-refractivity contribution in [1.29, 1.82) is 0 Å². The molecular formula is C19H24ClNO2. The summed E-state index contributed by atoms with van der Waals surface area (Å²) >= 11 is 5.85. The van der Waals surface area contributed by atoms with Crippen molar-refractivity contribution in [3.63, 3.8) is 0 Å². The third-order valence-electron chi connectivity index (χ3n) is 3.71. The van der Waals surface area contributed by atoms with Crippen LogP contribution in [0.15, 0.2) is 48.5 Å². The molecule has 0 saturated carbocycles. The summed E-state index contributed by atoms with van der Waals surface area (Å²) in [7, 11) is 0. The summed E-state index contributed by atoms with van der Waals surface area (Å²) in [6.07, 6.45) is 0. The van der Waals surface area contributed by atoms with Crippen molar-refractivity contribution in [2.24, 2.45) is 0 Å². The fourth-order valence-electron chi connectivity index (χ4n) is 2.21. The highest BCUT2D eigenvalue weighted by Crippen LogP contribution is 2.18. The first kappa shape index (κ1) is 17.6. The Morgan fingerprint density at radius 1 is 0.826 bits per heavy atom. The van der Waals surface area contributed by atoms with E-state index in [4.69, 9.17) is 21.1 Å². The predicted molar refractivity (Wildman–Crippen MR) is 95.5 cm³/mol. The Balaban J connectivity index is 1.76. The quantitative estimate of drug-likeness (QED) is 0.667. The van der Waals surface area contributed by atoms with Crippen LogP contribution in [0.1, 0.15) is 19.4 Å². The maximum atomic E-state index is 5.85. The molecule has 0 amide bonds. The molecule has 0 bridgehead atoms. The molecule has 2 aromatic carbocycles. The maximum absolute atomic E-state index is 5.85. The molecule has 124 valence electrons. The molecule has 0 radical (unpaired) electrons. The Labute approximate surface area is 143 Å². The van der Waals surface area contributed by atoms with Crippen molar-refractivity contribution in [3.8, 4) is 11.5 Å². The average Bonchev–Trinajstić information content (AvgIpc) is 2.59. The first-order valence-corrected chi connectivity index (χ1v) is 8.41. The number of rotatable bonds is 9. The summed E-state index contributed by atoms with van der Waals surface area (Å²) in [4.78, 5) is 2.34. The van der Waals surface area contributed by atoms with E-state index < -0.39 is 0 Å². The lowest BCUT2D eigenvalue weighted by atomic mass is 10.2. The van der Waals surface area contributed by atoms with Crippen LogP contribution in [0.25, 0.3) is 0 Å². The monoisotopic (exact) mass is 333 g/mol. The Morgan fingerprint density at radius 3 is 2.00 bits per heavy atom. The molecule has 0 N–H and O–H groups in total. The van der Waals surface area contributed by atoms with Crippen LogP contribution < -0.4 is 9.47 Å². The number of hydrogen-bond acceptors (Lipinski definition) is 3. The third kappa shape index (κ3) is 6.12. The molecule has 3 nitrogen and oxygen atoms in total. The van der Waals surface area contributed by atoms with Crippen LogP contribution in [0, 0.1) is 0 Å². The zero-order valence-electron chi connectivity index (χ0n) is 13.8. The van der Waals surface area contributed by atoms with Gasteiger partial charge in [0.1, 0.15) is 24.7 Å². The predicted octanol–water partition coefficient (Wildman–Crippen LogP) is 4.64. The Morgan fingerprint density at radius 2 is 1.39 bits per heavy atom. The molecule has 2 aromatic rings. The highest BCUT2D eigenvalue weighted by Gasteiger charge is 2.01. The van der Waals surface area contributed by atoms with Gasteiger partial charge in [0, 0.05) is 11.6 Å². The average molecular weight is 334 g/mol. The maximum Gasteiger partial charge on any atom is 0.119 e.